The van der Waals surface area contributed by atoms with Crippen LogP contribution in [0.4, 0.5) is 0 Å². The highest BCUT2D eigenvalue weighted by molar-refractivity contribution is 5.99. The molecule has 0 aromatic heterocycles. The lowest BCUT2D eigenvalue weighted by Crippen LogP contribution is -2.24. The highest BCUT2D eigenvalue weighted by atomic mass is 16.4. The Labute approximate surface area is 105 Å². The average Bonchev–Trinajstić information content (AvgIpc) is 2.40. The molecule has 0 radical (unpaired) electrons. The van der Waals surface area contributed by atoms with Crippen LogP contribution in [-0.4, -0.2) is 11.8 Å². The second-order valence-corrected chi connectivity index (χ2v) is 3.91. The third-order valence-electron chi connectivity index (χ3n) is 2.68. The van der Waals surface area contributed by atoms with Crippen molar-refractivity contribution in [3.63, 3.8) is 0 Å². The largest absolute Gasteiger partial charge is 0.545 e. The summed E-state index contributed by atoms with van der Waals surface area (Å²) in [6, 6.07) is 15.2. The van der Waals surface area contributed by atoms with E-state index in [1.54, 1.807) is 42.5 Å². The minimum absolute atomic E-state index is 0.0637. The molecule has 0 saturated carbocycles. The molecule has 0 aliphatic carbocycles. The standard InChI is InChI=1S/C15H12O3/c16-14(11-6-2-1-3-7-11)10-12-8-4-5-9-13(12)15(17)18/h1-9H,10H2,(H,17,18)/p-1. The molecule has 0 spiro atoms. The van der Waals surface area contributed by atoms with Crippen molar-refractivity contribution in [3.8, 4) is 0 Å². The molecule has 0 atom stereocenters. The number of carboxylic acids is 1. The molecule has 0 N–H and O–H groups in total. The van der Waals surface area contributed by atoms with Crippen molar-refractivity contribution in [2.75, 3.05) is 0 Å². The SMILES string of the molecule is O=C(Cc1ccccc1C(=O)[O-])c1ccccc1. The van der Waals surface area contributed by atoms with Gasteiger partial charge in [-0.1, -0.05) is 54.6 Å². The van der Waals surface area contributed by atoms with Crippen LogP contribution in [0.15, 0.2) is 54.6 Å². The first-order valence-electron chi connectivity index (χ1n) is 5.56. The van der Waals surface area contributed by atoms with Gasteiger partial charge in [0.25, 0.3) is 0 Å². The molecule has 18 heavy (non-hydrogen) atoms. The monoisotopic (exact) mass is 239 g/mol. The fourth-order valence-corrected chi connectivity index (χ4v) is 1.77. The normalized spacial score (nSPS) is 10.0. The van der Waals surface area contributed by atoms with Crippen LogP contribution in [0.1, 0.15) is 26.3 Å². The van der Waals surface area contributed by atoms with E-state index >= 15 is 0 Å². The van der Waals surface area contributed by atoms with Gasteiger partial charge in [-0.15, -0.1) is 0 Å². The highest BCUT2D eigenvalue weighted by Crippen LogP contribution is 2.12. The molecule has 0 unspecified atom stereocenters. The lowest BCUT2D eigenvalue weighted by molar-refractivity contribution is -0.255. The van der Waals surface area contributed by atoms with Crippen molar-refractivity contribution in [3.05, 3.63) is 71.3 Å². The summed E-state index contributed by atoms with van der Waals surface area (Å²) in [6.07, 6.45) is 0.0637. The molecular weight excluding hydrogens is 228 g/mol. The number of carbonyl (C=O) groups excluding carboxylic acids is 2. The number of aromatic carboxylic acids is 1. The summed E-state index contributed by atoms with van der Waals surface area (Å²) in [7, 11) is 0. The second-order valence-electron chi connectivity index (χ2n) is 3.91. The molecule has 2 aromatic rings. The molecule has 3 nitrogen and oxygen atoms in total. The van der Waals surface area contributed by atoms with Crippen LogP contribution in [0.3, 0.4) is 0 Å². The van der Waals surface area contributed by atoms with Gasteiger partial charge in [0, 0.05) is 17.5 Å². The smallest absolute Gasteiger partial charge is 0.167 e. The molecule has 3 heteroatoms. The van der Waals surface area contributed by atoms with Gasteiger partial charge in [-0.25, -0.2) is 0 Å². The van der Waals surface area contributed by atoms with E-state index < -0.39 is 5.97 Å². The maximum Gasteiger partial charge on any atom is 0.167 e. The molecule has 0 saturated heterocycles. The van der Waals surface area contributed by atoms with Crippen molar-refractivity contribution >= 4 is 11.8 Å². The lowest BCUT2D eigenvalue weighted by Gasteiger charge is -2.09. The van der Waals surface area contributed by atoms with E-state index in [2.05, 4.69) is 0 Å². The number of ketones is 1. The molecular formula is C15H11O3-. The molecule has 0 amide bonds. The van der Waals surface area contributed by atoms with E-state index in [0.717, 1.165) is 0 Å². The summed E-state index contributed by atoms with van der Waals surface area (Å²) in [4.78, 5) is 22.9. The van der Waals surface area contributed by atoms with E-state index in [1.165, 1.54) is 6.07 Å². The van der Waals surface area contributed by atoms with E-state index in [0.29, 0.717) is 11.1 Å². The zero-order valence-corrected chi connectivity index (χ0v) is 9.63. The predicted octanol–water partition coefficient (Wildman–Crippen LogP) is 1.48. The summed E-state index contributed by atoms with van der Waals surface area (Å²) in [5.74, 6) is -1.37. The van der Waals surface area contributed by atoms with E-state index in [1.807, 2.05) is 6.07 Å². The highest BCUT2D eigenvalue weighted by Gasteiger charge is 2.09. The van der Waals surface area contributed by atoms with Gasteiger partial charge in [-0.2, -0.15) is 0 Å². The lowest BCUT2D eigenvalue weighted by atomic mass is 9.99. The maximum atomic E-state index is 12.0. The molecule has 0 bridgehead atoms. The Morgan fingerprint density at radius 2 is 1.50 bits per heavy atom. The third-order valence-corrected chi connectivity index (χ3v) is 2.68. The molecule has 2 rings (SSSR count). The van der Waals surface area contributed by atoms with Crippen LogP contribution in [0.25, 0.3) is 0 Å². The van der Waals surface area contributed by atoms with Gasteiger partial charge in [-0.3, -0.25) is 4.79 Å². The van der Waals surface area contributed by atoms with Crippen molar-refractivity contribution in [1.29, 1.82) is 0 Å². The number of hydrogen-bond donors (Lipinski definition) is 0. The summed E-state index contributed by atoms with van der Waals surface area (Å²) < 4.78 is 0. The summed E-state index contributed by atoms with van der Waals surface area (Å²) in [6.45, 7) is 0. The zero-order valence-electron chi connectivity index (χ0n) is 9.63. The Hall–Kier alpha value is -2.42. The first-order valence-corrected chi connectivity index (χ1v) is 5.56. The maximum absolute atomic E-state index is 12.0. The summed E-state index contributed by atoms with van der Waals surface area (Å²) in [5.41, 5.74) is 1.12. The van der Waals surface area contributed by atoms with Gasteiger partial charge >= 0.3 is 0 Å². The predicted molar refractivity (Wildman–Crippen MR) is 65.2 cm³/mol. The minimum Gasteiger partial charge on any atom is -0.545 e. The zero-order chi connectivity index (χ0) is 13.0. The minimum atomic E-state index is -1.26. The molecule has 90 valence electrons. The molecule has 0 fully saturated rings. The number of carbonyl (C=O) groups is 2. The van der Waals surface area contributed by atoms with Crippen molar-refractivity contribution in [1.82, 2.24) is 0 Å². The molecule has 0 aliphatic rings. The Balaban J connectivity index is 2.25. The van der Waals surface area contributed by atoms with E-state index in [9.17, 15) is 14.7 Å². The van der Waals surface area contributed by atoms with Gasteiger partial charge in [0.05, 0.1) is 5.97 Å². The fourth-order valence-electron chi connectivity index (χ4n) is 1.77. The Morgan fingerprint density at radius 3 is 2.17 bits per heavy atom. The van der Waals surface area contributed by atoms with Crippen LogP contribution in [-0.2, 0) is 6.42 Å². The first kappa shape index (κ1) is 12.0. The second kappa shape index (κ2) is 5.27. The van der Waals surface area contributed by atoms with Crippen LogP contribution in [0.5, 0.6) is 0 Å². The summed E-state index contributed by atoms with van der Waals surface area (Å²) in [5, 5.41) is 10.9. The number of carboxylic acid groups (broad SMARTS) is 1. The number of hydrogen-bond acceptors (Lipinski definition) is 3. The average molecular weight is 239 g/mol. The molecule has 0 aliphatic heterocycles. The van der Waals surface area contributed by atoms with Gasteiger partial charge < -0.3 is 9.90 Å². The topological polar surface area (TPSA) is 57.2 Å². The first-order chi connectivity index (χ1) is 8.68. The van der Waals surface area contributed by atoms with E-state index in [4.69, 9.17) is 0 Å². The van der Waals surface area contributed by atoms with Crippen molar-refractivity contribution in [2.24, 2.45) is 0 Å². The van der Waals surface area contributed by atoms with Crippen LogP contribution < -0.4 is 5.11 Å². The molecule has 0 heterocycles. The Kier molecular flexibility index (Phi) is 3.53. The Bertz CT molecular complexity index is 573. The third kappa shape index (κ3) is 2.63. The van der Waals surface area contributed by atoms with Crippen LogP contribution in [0, 0.1) is 0 Å². The number of rotatable bonds is 4. The quantitative estimate of drug-likeness (QED) is 0.759. The van der Waals surface area contributed by atoms with Gasteiger partial charge in [0.2, 0.25) is 0 Å². The van der Waals surface area contributed by atoms with E-state index in [-0.39, 0.29) is 17.8 Å². The van der Waals surface area contributed by atoms with Crippen LogP contribution >= 0.6 is 0 Å². The van der Waals surface area contributed by atoms with Gasteiger partial charge in [-0.05, 0) is 5.56 Å². The fraction of sp³-hybridized carbons (Fsp3) is 0.0667. The number of Topliss-reactive ketones (excluding diaryl/α,β-unsaturated/α-hetero) is 1. The van der Waals surface area contributed by atoms with Crippen molar-refractivity contribution in [2.45, 2.75) is 6.42 Å². The van der Waals surface area contributed by atoms with Crippen LogP contribution in [0.2, 0.25) is 0 Å². The van der Waals surface area contributed by atoms with Gasteiger partial charge in [0.15, 0.2) is 5.78 Å². The Morgan fingerprint density at radius 1 is 0.889 bits per heavy atom. The van der Waals surface area contributed by atoms with Crippen molar-refractivity contribution < 1.29 is 14.7 Å². The van der Waals surface area contributed by atoms with Gasteiger partial charge in [0.1, 0.15) is 0 Å². The molecule has 2 aromatic carbocycles. The number of benzene rings is 2. The summed E-state index contributed by atoms with van der Waals surface area (Å²) >= 11 is 0.